The number of hydrogen-bond donors (Lipinski definition) is 0. The van der Waals surface area contributed by atoms with Crippen LogP contribution >= 0.6 is 15.9 Å². The number of benzene rings is 3. The largest absolute Gasteiger partial charge is 0.488 e. The molecule has 8 heteroatoms. The fourth-order valence-corrected chi connectivity index (χ4v) is 4.10. The van der Waals surface area contributed by atoms with Crippen LogP contribution in [0.25, 0.3) is 10.9 Å². The van der Waals surface area contributed by atoms with Crippen molar-refractivity contribution in [1.82, 2.24) is 9.66 Å². The van der Waals surface area contributed by atoms with E-state index in [0.717, 1.165) is 23.0 Å². The Hall–Kier alpha value is -3.52. The van der Waals surface area contributed by atoms with Gasteiger partial charge in [0.2, 0.25) is 0 Å². The van der Waals surface area contributed by atoms with E-state index in [1.807, 2.05) is 49.3 Å². The number of aryl methyl sites for hydroxylation is 1. The molecule has 0 N–H and O–H groups in total. The van der Waals surface area contributed by atoms with E-state index in [1.54, 1.807) is 30.5 Å². The third-order valence-corrected chi connectivity index (χ3v) is 6.29. The summed E-state index contributed by atoms with van der Waals surface area (Å²) in [7, 11) is 3.87. The molecule has 4 rings (SSSR count). The standard InChI is InChI=1S/C28H28BrFN4O2/c1-4-5-10-27-32-25-14-12-21(29)15-23(25)28(35)34(27)31-17-19-11-13-22(33(2)3)16-26(19)36-18-20-8-6-7-9-24(20)30/h6-9,11-17H,4-5,10,18H2,1-3H3. The molecule has 0 aliphatic carbocycles. The van der Waals surface area contributed by atoms with E-state index < -0.39 is 0 Å². The number of unbranched alkanes of at least 4 members (excludes halogenated alkanes) is 1. The maximum Gasteiger partial charge on any atom is 0.282 e. The van der Waals surface area contributed by atoms with E-state index in [-0.39, 0.29) is 18.0 Å². The molecule has 36 heavy (non-hydrogen) atoms. The van der Waals surface area contributed by atoms with Gasteiger partial charge in [-0.2, -0.15) is 9.78 Å². The highest BCUT2D eigenvalue weighted by Gasteiger charge is 2.12. The van der Waals surface area contributed by atoms with Crippen LogP contribution in [0.2, 0.25) is 0 Å². The van der Waals surface area contributed by atoms with Crippen LogP contribution in [0, 0.1) is 5.82 Å². The Labute approximate surface area is 218 Å². The lowest BCUT2D eigenvalue weighted by atomic mass is 10.2. The minimum atomic E-state index is -0.322. The third-order valence-electron chi connectivity index (χ3n) is 5.80. The highest BCUT2D eigenvalue weighted by Crippen LogP contribution is 2.25. The van der Waals surface area contributed by atoms with Gasteiger partial charge in [-0.25, -0.2) is 9.37 Å². The second-order valence-electron chi connectivity index (χ2n) is 8.65. The molecule has 0 aliphatic heterocycles. The van der Waals surface area contributed by atoms with Gasteiger partial charge < -0.3 is 9.64 Å². The average molecular weight is 551 g/mol. The maximum absolute atomic E-state index is 14.2. The van der Waals surface area contributed by atoms with Crippen molar-refractivity contribution >= 4 is 38.7 Å². The second kappa shape index (κ2) is 11.5. The van der Waals surface area contributed by atoms with Crippen molar-refractivity contribution < 1.29 is 9.13 Å². The number of aromatic nitrogens is 2. The van der Waals surface area contributed by atoms with Gasteiger partial charge in [-0.1, -0.05) is 47.5 Å². The van der Waals surface area contributed by atoms with Crippen LogP contribution in [0.4, 0.5) is 10.1 Å². The summed E-state index contributed by atoms with van der Waals surface area (Å²) in [6.07, 6.45) is 4.08. The van der Waals surface area contributed by atoms with Crippen molar-refractivity contribution in [2.75, 3.05) is 19.0 Å². The molecule has 0 unspecified atom stereocenters. The van der Waals surface area contributed by atoms with Gasteiger partial charge in [-0.15, -0.1) is 0 Å². The molecule has 0 fully saturated rings. The molecule has 1 aromatic heterocycles. The van der Waals surface area contributed by atoms with Crippen LogP contribution in [0.3, 0.4) is 0 Å². The monoisotopic (exact) mass is 550 g/mol. The molecule has 0 aliphatic rings. The topological polar surface area (TPSA) is 59.7 Å². The lowest BCUT2D eigenvalue weighted by molar-refractivity contribution is 0.299. The first-order valence-electron chi connectivity index (χ1n) is 11.8. The summed E-state index contributed by atoms with van der Waals surface area (Å²) >= 11 is 3.44. The molecule has 0 radical (unpaired) electrons. The van der Waals surface area contributed by atoms with Gasteiger partial charge >= 0.3 is 0 Å². The molecule has 0 saturated heterocycles. The van der Waals surface area contributed by atoms with Gasteiger partial charge in [-0.05, 0) is 42.8 Å². The maximum atomic E-state index is 14.2. The van der Waals surface area contributed by atoms with Crippen molar-refractivity contribution in [3.8, 4) is 5.75 Å². The van der Waals surface area contributed by atoms with Gasteiger partial charge in [0.05, 0.1) is 17.1 Å². The Balaban J connectivity index is 1.75. The van der Waals surface area contributed by atoms with E-state index in [1.165, 1.54) is 10.7 Å². The predicted octanol–water partition coefficient (Wildman–Crippen LogP) is 6.17. The number of halogens is 2. The lowest BCUT2D eigenvalue weighted by Gasteiger charge is -2.16. The summed E-state index contributed by atoms with van der Waals surface area (Å²) in [5.74, 6) is 0.816. The number of nitrogens with zero attached hydrogens (tertiary/aromatic N) is 4. The minimum Gasteiger partial charge on any atom is -0.488 e. The fraction of sp³-hybridized carbons (Fsp3) is 0.250. The van der Waals surface area contributed by atoms with Crippen molar-refractivity contribution in [3.05, 3.63) is 98.3 Å². The quantitative estimate of drug-likeness (QED) is 0.234. The smallest absolute Gasteiger partial charge is 0.282 e. The van der Waals surface area contributed by atoms with Gasteiger partial charge in [0, 0.05) is 47.9 Å². The zero-order valence-corrected chi connectivity index (χ0v) is 22.1. The van der Waals surface area contributed by atoms with Crippen molar-refractivity contribution in [3.63, 3.8) is 0 Å². The minimum absolute atomic E-state index is 0.0671. The van der Waals surface area contributed by atoms with Crippen LogP contribution in [-0.4, -0.2) is 30.0 Å². The average Bonchev–Trinajstić information content (AvgIpc) is 2.87. The van der Waals surface area contributed by atoms with Crippen molar-refractivity contribution in [2.24, 2.45) is 5.10 Å². The number of hydrogen-bond acceptors (Lipinski definition) is 5. The van der Waals surface area contributed by atoms with Gasteiger partial charge in [0.15, 0.2) is 0 Å². The second-order valence-corrected chi connectivity index (χ2v) is 9.57. The summed E-state index contributed by atoms with van der Waals surface area (Å²) in [5.41, 5.74) is 2.46. The van der Waals surface area contributed by atoms with E-state index in [4.69, 9.17) is 9.72 Å². The van der Waals surface area contributed by atoms with Crippen molar-refractivity contribution in [2.45, 2.75) is 32.8 Å². The Morgan fingerprint density at radius 3 is 2.69 bits per heavy atom. The van der Waals surface area contributed by atoms with Crippen LogP contribution in [0.15, 0.2) is 75.0 Å². The summed E-state index contributed by atoms with van der Waals surface area (Å²) in [6, 6.07) is 17.7. The van der Waals surface area contributed by atoms with E-state index in [9.17, 15) is 9.18 Å². The number of ether oxygens (including phenoxy) is 1. The highest BCUT2D eigenvalue weighted by molar-refractivity contribution is 9.10. The molecule has 0 atom stereocenters. The van der Waals surface area contributed by atoms with E-state index >= 15 is 0 Å². The highest BCUT2D eigenvalue weighted by atomic mass is 79.9. The Morgan fingerprint density at radius 1 is 1.14 bits per heavy atom. The number of anilines is 1. The summed E-state index contributed by atoms with van der Waals surface area (Å²) in [4.78, 5) is 20.0. The zero-order chi connectivity index (χ0) is 25.7. The van der Waals surface area contributed by atoms with Crippen molar-refractivity contribution in [1.29, 1.82) is 0 Å². The van der Waals surface area contributed by atoms with Gasteiger partial charge in [0.25, 0.3) is 5.56 Å². The van der Waals surface area contributed by atoms with Crippen LogP contribution in [0.1, 0.15) is 36.7 Å². The molecule has 6 nitrogen and oxygen atoms in total. The molecule has 186 valence electrons. The summed E-state index contributed by atoms with van der Waals surface area (Å²) < 4.78 is 22.3. The number of rotatable bonds is 9. The van der Waals surface area contributed by atoms with Crippen LogP contribution in [0.5, 0.6) is 5.75 Å². The third kappa shape index (κ3) is 5.82. The Bertz CT molecular complexity index is 1470. The van der Waals surface area contributed by atoms with Gasteiger partial charge in [0.1, 0.15) is 24.0 Å². The summed E-state index contributed by atoms with van der Waals surface area (Å²) in [5, 5.41) is 5.04. The molecular weight excluding hydrogens is 523 g/mol. The first-order chi connectivity index (χ1) is 17.4. The molecule has 0 bridgehead atoms. The first-order valence-corrected chi connectivity index (χ1v) is 12.6. The molecule has 1 heterocycles. The molecule has 4 aromatic rings. The molecule has 0 spiro atoms. The molecular formula is C28H28BrFN4O2. The molecule has 3 aromatic carbocycles. The normalized spacial score (nSPS) is 11.4. The molecule has 0 amide bonds. The van der Waals surface area contributed by atoms with Crippen LogP contribution in [-0.2, 0) is 13.0 Å². The van der Waals surface area contributed by atoms with E-state index in [2.05, 4.69) is 28.0 Å². The zero-order valence-electron chi connectivity index (χ0n) is 20.5. The Morgan fingerprint density at radius 2 is 1.94 bits per heavy atom. The van der Waals surface area contributed by atoms with E-state index in [0.29, 0.717) is 40.0 Å². The predicted molar refractivity (Wildman–Crippen MR) is 147 cm³/mol. The summed E-state index contributed by atoms with van der Waals surface area (Å²) in [6.45, 7) is 2.16. The SMILES string of the molecule is CCCCc1nc2ccc(Br)cc2c(=O)n1N=Cc1ccc(N(C)C)cc1OCc1ccccc1F. The first kappa shape index (κ1) is 25.6. The molecule has 0 saturated carbocycles. The Kier molecular flexibility index (Phi) is 8.15. The number of fused-ring (bicyclic) bond motifs is 1. The fourth-order valence-electron chi connectivity index (χ4n) is 3.73. The van der Waals surface area contributed by atoms with Gasteiger partial charge in [-0.3, -0.25) is 4.79 Å². The van der Waals surface area contributed by atoms with Crippen LogP contribution < -0.4 is 15.2 Å². The lowest BCUT2D eigenvalue weighted by Crippen LogP contribution is -2.22.